The Bertz CT molecular complexity index is 109. The predicted molar refractivity (Wildman–Crippen MR) is 72.8 cm³/mol. The summed E-state index contributed by atoms with van der Waals surface area (Å²) in [5.74, 6) is 0. The second-order valence-electron chi connectivity index (χ2n) is 6.07. The van der Waals surface area contributed by atoms with Crippen LogP contribution in [0.2, 0.25) is 0 Å². The van der Waals surface area contributed by atoms with Crippen molar-refractivity contribution in [3.05, 3.63) is 0 Å². The van der Waals surface area contributed by atoms with Crippen LogP contribution in [0, 0.1) is 0 Å². The summed E-state index contributed by atoms with van der Waals surface area (Å²) in [4.78, 5) is 0. The third-order valence-corrected chi connectivity index (χ3v) is 7.01. The van der Waals surface area contributed by atoms with Crippen molar-refractivity contribution >= 4 is 10.0 Å². The Balaban J connectivity index is 0.000000249. The van der Waals surface area contributed by atoms with Crippen LogP contribution in [-0.2, 0) is 0 Å². The largest absolute Gasteiger partial charge is 0.245 e. The molecule has 0 aromatic heterocycles. The van der Waals surface area contributed by atoms with Gasteiger partial charge in [-0.25, -0.2) is 10.0 Å². The molecule has 1 aliphatic carbocycles. The fourth-order valence-corrected chi connectivity index (χ4v) is 1.06. The summed E-state index contributed by atoms with van der Waals surface area (Å²) in [6.45, 7) is 6.92. The van der Waals surface area contributed by atoms with Crippen LogP contribution in [0.4, 0.5) is 0 Å². The molecule has 0 heterocycles. The summed E-state index contributed by atoms with van der Waals surface area (Å²) in [5, 5.41) is 0. The van der Waals surface area contributed by atoms with E-state index < -0.39 is 0 Å². The van der Waals surface area contributed by atoms with E-state index >= 15 is 0 Å². The smallest absolute Gasteiger partial charge is 0.00897 e. The molecule has 0 radical (unpaired) electrons. The van der Waals surface area contributed by atoms with E-state index in [4.69, 9.17) is 0 Å². The average Bonchev–Trinajstić information content (AvgIpc) is 2.05. The first kappa shape index (κ1) is 14.3. The molecule has 0 bridgehead atoms. The standard InChI is InChI=1S/C7H18S.C6H12/c1-7(2,3)8(4,5)6;1-2-4-6-5-3-1/h1-6H3;1-6H2. The van der Waals surface area contributed by atoms with Gasteiger partial charge in [0.05, 0.1) is 0 Å². The molecule has 1 aliphatic rings. The van der Waals surface area contributed by atoms with Crippen molar-refractivity contribution in [2.24, 2.45) is 0 Å². The first-order chi connectivity index (χ1) is 6.25. The monoisotopic (exact) mass is 218 g/mol. The third kappa shape index (κ3) is 6.75. The maximum Gasteiger partial charge on any atom is -0.00897 e. The van der Waals surface area contributed by atoms with E-state index in [2.05, 4.69) is 39.5 Å². The lowest BCUT2D eigenvalue weighted by atomic mass is 10.0. The van der Waals surface area contributed by atoms with E-state index in [9.17, 15) is 0 Å². The highest BCUT2D eigenvalue weighted by Crippen LogP contribution is 2.48. The first-order valence-corrected chi connectivity index (χ1v) is 8.79. The number of hydrogen-bond donors (Lipinski definition) is 0. The summed E-state index contributed by atoms with van der Waals surface area (Å²) in [7, 11) is -0.340. The highest BCUT2D eigenvalue weighted by atomic mass is 32.3. The minimum atomic E-state index is -0.340. The first-order valence-electron chi connectivity index (χ1n) is 5.93. The molecule has 1 saturated carbocycles. The number of hydrogen-bond acceptors (Lipinski definition) is 0. The highest BCUT2D eigenvalue weighted by molar-refractivity contribution is 8.33. The van der Waals surface area contributed by atoms with Gasteiger partial charge in [-0.2, -0.15) is 0 Å². The topological polar surface area (TPSA) is 0 Å². The molecule has 0 aromatic carbocycles. The van der Waals surface area contributed by atoms with E-state index in [-0.39, 0.29) is 10.0 Å². The van der Waals surface area contributed by atoms with Crippen molar-refractivity contribution in [2.45, 2.75) is 64.0 Å². The molecule has 0 aliphatic heterocycles. The molecule has 0 atom stereocenters. The van der Waals surface area contributed by atoms with Gasteiger partial charge in [0.2, 0.25) is 0 Å². The maximum absolute atomic E-state index is 2.35. The van der Waals surface area contributed by atoms with Crippen LogP contribution in [0.3, 0.4) is 0 Å². The van der Waals surface area contributed by atoms with Crippen LogP contribution < -0.4 is 0 Å². The maximum atomic E-state index is 2.35. The van der Waals surface area contributed by atoms with Gasteiger partial charge in [-0.1, -0.05) is 59.3 Å². The molecule has 0 spiro atoms. The molecular weight excluding hydrogens is 188 g/mol. The van der Waals surface area contributed by atoms with Crippen molar-refractivity contribution in [3.8, 4) is 0 Å². The second kappa shape index (κ2) is 6.05. The van der Waals surface area contributed by atoms with Gasteiger partial charge in [0, 0.05) is 0 Å². The lowest BCUT2D eigenvalue weighted by Gasteiger charge is -2.40. The SMILES string of the molecule is C1CCCCC1.CC(C)(C)S(C)(C)C. The van der Waals surface area contributed by atoms with Gasteiger partial charge in [-0.15, -0.1) is 0 Å². The van der Waals surface area contributed by atoms with Crippen LogP contribution in [-0.4, -0.2) is 23.5 Å². The third-order valence-electron chi connectivity index (χ3n) is 3.34. The molecule has 0 amide bonds. The Labute approximate surface area is 93.2 Å². The van der Waals surface area contributed by atoms with Crippen molar-refractivity contribution in [1.82, 2.24) is 0 Å². The van der Waals surface area contributed by atoms with Crippen molar-refractivity contribution < 1.29 is 0 Å². The zero-order valence-electron chi connectivity index (χ0n) is 11.2. The Kier molecular flexibility index (Phi) is 6.20. The molecule has 0 nitrogen and oxygen atoms in total. The van der Waals surface area contributed by atoms with Crippen LogP contribution in [0.1, 0.15) is 59.3 Å². The Morgan fingerprint density at radius 3 is 0.857 bits per heavy atom. The molecule has 0 aromatic rings. The van der Waals surface area contributed by atoms with Crippen molar-refractivity contribution in [3.63, 3.8) is 0 Å². The fourth-order valence-electron chi connectivity index (χ4n) is 1.06. The van der Waals surface area contributed by atoms with Gasteiger partial charge in [0.15, 0.2) is 0 Å². The number of rotatable bonds is 0. The highest BCUT2D eigenvalue weighted by Gasteiger charge is 2.21. The van der Waals surface area contributed by atoms with Gasteiger partial charge < -0.3 is 0 Å². The van der Waals surface area contributed by atoms with E-state index in [0.29, 0.717) is 4.75 Å². The zero-order valence-corrected chi connectivity index (χ0v) is 12.0. The molecule has 14 heavy (non-hydrogen) atoms. The zero-order chi connectivity index (χ0) is 11.2. The van der Waals surface area contributed by atoms with Crippen LogP contribution in [0.25, 0.3) is 0 Å². The average molecular weight is 218 g/mol. The summed E-state index contributed by atoms with van der Waals surface area (Å²) in [5.41, 5.74) is 0. The predicted octanol–water partition coefficient (Wildman–Crippen LogP) is 4.82. The lowest BCUT2D eigenvalue weighted by Crippen LogP contribution is -2.21. The fraction of sp³-hybridized carbons (Fsp3) is 1.00. The normalized spacial score (nSPS) is 19.6. The van der Waals surface area contributed by atoms with Gasteiger partial charge >= 0.3 is 0 Å². The Hall–Kier alpha value is 0.350. The Morgan fingerprint density at radius 2 is 0.786 bits per heavy atom. The summed E-state index contributed by atoms with van der Waals surface area (Å²) >= 11 is 0. The summed E-state index contributed by atoms with van der Waals surface area (Å²) in [6.07, 6.45) is 16.1. The van der Waals surface area contributed by atoms with Gasteiger partial charge in [-0.05, 0) is 23.5 Å². The molecule has 0 saturated heterocycles. The second-order valence-corrected chi connectivity index (χ2v) is 11.0. The van der Waals surface area contributed by atoms with Gasteiger partial charge in [-0.3, -0.25) is 0 Å². The van der Waals surface area contributed by atoms with Gasteiger partial charge in [0.25, 0.3) is 0 Å². The van der Waals surface area contributed by atoms with E-state index in [1.54, 1.807) is 0 Å². The molecule has 1 heteroatoms. The van der Waals surface area contributed by atoms with Gasteiger partial charge in [0.1, 0.15) is 0 Å². The molecular formula is C13H30S. The summed E-state index contributed by atoms with van der Waals surface area (Å²) < 4.78 is 0.521. The molecule has 1 rings (SSSR count). The van der Waals surface area contributed by atoms with Crippen LogP contribution in [0.5, 0.6) is 0 Å². The van der Waals surface area contributed by atoms with E-state index in [1.165, 1.54) is 38.5 Å². The van der Waals surface area contributed by atoms with E-state index in [0.717, 1.165) is 0 Å². The van der Waals surface area contributed by atoms with E-state index in [1.807, 2.05) is 0 Å². The van der Waals surface area contributed by atoms with Crippen molar-refractivity contribution in [2.75, 3.05) is 18.8 Å². The quantitative estimate of drug-likeness (QED) is 0.547. The molecule has 0 N–H and O–H groups in total. The van der Waals surface area contributed by atoms with Crippen LogP contribution in [0.15, 0.2) is 0 Å². The molecule has 0 unspecified atom stereocenters. The molecule has 1 fully saturated rings. The lowest BCUT2D eigenvalue weighted by molar-refractivity contribution is 0.504. The minimum Gasteiger partial charge on any atom is -0.245 e. The summed E-state index contributed by atoms with van der Waals surface area (Å²) in [6, 6.07) is 0. The minimum absolute atomic E-state index is 0.340. The molecule has 88 valence electrons. The van der Waals surface area contributed by atoms with Crippen LogP contribution >= 0.6 is 10.0 Å². The van der Waals surface area contributed by atoms with Crippen molar-refractivity contribution in [1.29, 1.82) is 0 Å². The Morgan fingerprint density at radius 1 is 0.643 bits per heavy atom.